The number of fused-ring (bicyclic) bond motifs is 1. The monoisotopic (exact) mass is 435 g/mol. The van der Waals surface area contributed by atoms with Gasteiger partial charge in [0.15, 0.2) is 11.4 Å². The van der Waals surface area contributed by atoms with Crippen molar-refractivity contribution in [2.24, 2.45) is 0 Å². The number of carbonyl (C=O) groups is 2. The van der Waals surface area contributed by atoms with Gasteiger partial charge in [0.25, 0.3) is 11.8 Å². The minimum absolute atomic E-state index is 0.00994. The van der Waals surface area contributed by atoms with Gasteiger partial charge in [0, 0.05) is 38.3 Å². The molecule has 166 valence electrons. The molecule has 0 radical (unpaired) electrons. The minimum Gasteiger partial charge on any atom is -0.491 e. The van der Waals surface area contributed by atoms with Crippen molar-refractivity contribution >= 4 is 11.8 Å². The number of aromatic nitrogens is 1. The lowest BCUT2D eigenvalue weighted by molar-refractivity contribution is 0.0784. The molecule has 10 heteroatoms. The van der Waals surface area contributed by atoms with E-state index >= 15 is 0 Å². The van der Waals surface area contributed by atoms with Gasteiger partial charge in [0.05, 0.1) is 18.9 Å². The lowest BCUT2D eigenvalue weighted by Gasteiger charge is -2.22. The van der Waals surface area contributed by atoms with E-state index in [4.69, 9.17) is 4.74 Å². The number of halogens is 2. The van der Waals surface area contributed by atoms with Gasteiger partial charge in [-0.2, -0.15) is 0 Å². The molecule has 1 aromatic carbocycles. The van der Waals surface area contributed by atoms with Crippen molar-refractivity contribution in [3.05, 3.63) is 62.6 Å². The fourth-order valence-electron chi connectivity index (χ4n) is 3.56. The Balaban J connectivity index is 2.06. The summed E-state index contributed by atoms with van der Waals surface area (Å²) >= 11 is 0. The molecule has 0 fully saturated rings. The van der Waals surface area contributed by atoms with Gasteiger partial charge in [-0.1, -0.05) is 6.07 Å². The highest BCUT2D eigenvalue weighted by Gasteiger charge is 2.36. The SMILES string of the molecule is CCN(C)C(=O)c1c(OC)c(=O)c(C(=O)NCc2ccc(F)cc2F)c2n1CCC2O. The van der Waals surface area contributed by atoms with E-state index in [1.165, 1.54) is 22.6 Å². The standard InChI is InChI=1S/C21H23F2N3O5/c1-4-25(2)21(30)17-19(31-3)18(28)15(16-14(27)7-8-26(16)17)20(29)24-10-11-5-6-12(22)9-13(11)23/h5-6,9,14,27H,4,7-8,10H2,1-3H3,(H,24,29). The van der Waals surface area contributed by atoms with Crippen LogP contribution in [0, 0.1) is 11.6 Å². The highest BCUT2D eigenvalue weighted by atomic mass is 19.1. The highest BCUT2D eigenvalue weighted by Crippen LogP contribution is 2.32. The van der Waals surface area contributed by atoms with Crippen LogP contribution < -0.4 is 15.5 Å². The fraction of sp³-hybridized carbons (Fsp3) is 0.381. The first-order chi connectivity index (χ1) is 14.7. The lowest BCUT2D eigenvalue weighted by atomic mass is 10.1. The number of aliphatic hydroxyl groups excluding tert-OH is 1. The van der Waals surface area contributed by atoms with E-state index in [9.17, 15) is 28.3 Å². The second kappa shape index (κ2) is 8.84. The summed E-state index contributed by atoms with van der Waals surface area (Å²) in [7, 11) is 2.77. The normalized spacial score (nSPS) is 14.8. The number of pyridine rings is 1. The summed E-state index contributed by atoms with van der Waals surface area (Å²) in [5, 5.41) is 12.9. The van der Waals surface area contributed by atoms with Gasteiger partial charge >= 0.3 is 0 Å². The van der Waals surface area contributed by atoms with Crippen molar-refractivity contribution in [1.29, 1.82) is 0 Å². The third-order valence-corrected chi connectivity index (χ3v) is 5.32. The Morgan fingerprint density at radius 3 is 2.68 bits per heavy atom. The van der Waals surface area contributed by atoms with Crippen LogP contribution in [-0.4, -0.2) is 47.1 Å². The fourth-order valence-corrected chi connectivity index (χ4v) is 3.56. The summed E-state index contributed by atoms with van der Waals surface area (Å²) in [6.07, 6.45) is -0.935. The average molecular weight is 435 g/mol. The second-order valence-electron chi connectivity index (χ2n) is 7.17. The molecule has 0 saturated carbocycles. The smallest absolute Gasteiger partial charge is 0.274 e. The van der Waals surface area contributed by atoms with Gasteiger partial charge in [-0.25, -0.2) is 8.78 Å². The molecule has 0 bridgehead atoms. The van der Waals surface area contributed by atoms with Gasteiger partial charge < -0.3 is 24.6 Å². The third kappa shape index (κ3) is 4.02. The van der Waals surface area contributed by atoms with Crippen LogP contribution in [-0.2, 0) is 13.1 Å². The van der Waals surface area contributed by atoms with Gasteiger partial charge in [0.1, 0.15) is 17.2 Å². The molecule has 3 rings (SSSR count). The van der Waals surface area contributed by atoms with Crippen molar-refractivity contribution in [3.8, 4) is 5.75 Å². The molecule has 1 aliphatic heterocycles. The van der Waals surface area contributed by atoms with E-state index in [0.29, 0.717) is 12.6 Å². The van der Waals surface area contributed by atoms with Crippen molar-refractivity contribution in [2.75, 3.05) is 20.7 Å². The predicted molar refractivity (Wildman–Crippen MR) is 107 cm³/mol. The van der Waals surface area contributed by atoms with Gasteiger partial charge in [0.2, 0.25) is 5.43 Å². The van der Waals surface area contributed by atoms with E-state index in [1.54, 1.807) is 14.0 Å². The largest absolute Gasteiger partial charge is 0.491 e. The molecule has 2 aromatic rings. The molecule has 2 N–H and O–H groups in total. The molecule has 0 saturated heterocycles. The molecule has 0 spiro atoms. The maximum atomic E-state index is 13.9. The zero-order chi connectivity index (χ0) is 22.9. The minimum atomic E-state index is -1.14. The Labute approximate surface area is 177 Å². The van der Waals surface area contributed by atoms with Gasteiger partial charge in [-0.3, -0.25) is 14.4 Å². The van der Waals surface area contributed by atoms with E-state index < -0.39 is 35.0 Å². The molecule has 0 aliphatic carbocycles. The Bertz CT molecular complexity index is 1100. The van der Waals surface area contributed by atoms with Crippen LogP contribution >= 0.6 is 0 Å². The topological polar surface area (TPSA) is 101 Å². The van der Waals surface area contributed by atoms with Crippen molar-refractivity contribution in [3.63, 3.8) is 0 Å². The molecule has 1 aliphatic rings. The first kappa shape index (κ1) is 22.4. The van der Waals surface area contributed by atoms with E-state index in [1.807, 2.05) is 0 Å². The molecular formula is C21H23F2N3O5. The van der Waals surface area contributed by atoms with E-state index in [2.05, 4.69) is 5.32 Å². The number of rotatable bonds is 6. The number of methoxy groups -OCH3 is 1. The highest BCUT2D eigenvalue weighted by molar-refractivity contribution is 6.00. The molecule has 2 heterocycles. The van der Waals surface area contributed by atoms with Crippen molar-refractivity contribution in [2.45, 2.75) is 32.5 Å². The maximum absolute atomic E-state index is 13.9. The molecular weight excluding hydrogens is 412 g/mol. The number of hydrogen-bond acceptors (Lipinski definition) is 5. The molecule has 2 amide bonds. The maximum Gasteiger partial charge on any atom is 0.274 e. The Morgan fingerprint density at radius 2 is 2.06 bits per heavy atom. The summed E-state index contributed by atoms with van der Waals surface area (Å²) in [5.74, 6) is -3.25. The third-order valence-electron chi connectivity index (χ3n) is 5.32. The first-order valence-corrected chi connectivity index (χ1v) is 9.71. The lowest BCUT2D eigenvalue weighted by Crippen LogP contribution is -2.36. The number of nitrogens with zero attached hydrogens (tertiary/aromatic N) is 2. The molecule has 8 nitrogen and oxygen atoms in total. The quantitative estimate of drug-likeness (QED) is 0.718. The number of carbonyl (C=O) groups excluding carboxylic acids is 2. The Hall–Kier alpha value is -3.27. The molecule has 1 unspecified atom stereocenters. The van der Waals surface area contributed by atoms with Gasteiger partial charge in [-0.05, 0) is 19.4 Å². The zero-order valence-electron chi connectivity index (χ0n) is 17.4. The zero-order valence-corrected chi connectivity index (χ0v) is 17.4. The number of amides is 2. The number of aliphatic hydroxyl groups is 1. The summed E-state index contributed by atoms with van der Waals surface area (Å²) in [6.45, 7) is 2.04. The number of ether oxygens (including phenoxy) is 1. The summed E-state index contributed by atoms with van der Waals surface area (Å²) in [4.78, 5) is 40.2. The number of benzene rings is 1. The summed E-state index contributed by atoms with van der Waals surface area (Å²) < 4.78 is 33.6. The van der Waals surface area contributed by atoms with Crippen molar-refractivity contribution < 1.29 is 28.2 Å². The van der Waals surface area contributed by atoms with Gasteiger partial charge in [-0.15, -0.1) is 0 Å². The Morgan fingerprint density at radius 1 is 1.35 bits per heavy atom. The summed E-state index contributed by atoms with van der Waals surface area (Å²) in [5.41, 5.74) is -1.23. The van der Waals surface area contributed by atoms with Crippen LogP contribution in [0.4, 0.5) is 8.78 Å². The number of nitrogens with one attached hydrogen (secondary N) is 1. The van der Waals surface area contributed by atoms with Crippen molar-refractivity contribution in [1.82, 2.24) is 14.8 Å². The predicted octanol–water partition coefficient (Wildman–Crippen LogP) is 1.59. The molecule has 1 atom stereocenters. The van der Waals surface area contributed by atoms with Crippen LogP contribution in [0.2, 0.25) is 0 Å². The van der Waals surface area contributed by atoms with Crippen LogP contribution in [0.1, 0.15) is 51.6 Å². The van der Waals surface area contributed by atoms with E-state index in [0.717, 1.165) is 6.07 Å². The molecule has 31 heavy (non-hydrogen) atoms. The van der Waals surface area contributed by atoms with Crippen LogP contribution in [0.5, 0.6) is 5.75 Å². The van der Waals surface area contributed by atoms with Crippen LogP contribution in [0.15, 0.2) is 23.0 Å². The summed E-state index contributed by atoms with van der Waals surface area (Å²) in [6, 6.07) is 2.92. The first-order valence-electron chi connectivity index (χ1n) is 9.71. The van der Waals surface area contributed by atoms with Crippen LogP contribution in [0.3, 0.4) is 0 Å². The van der Waals surface area contributed by atoms with E-state index in [-0.39, 0.29) is 47.8 Å². The number of hydrogen-bond donors (Lipinski definition) is 2. The average Bonchev–Trinajstić information content (AvgIpc) is 3.11. The van der Waals surface area contributed by atoms with Crippen LogP contribution in [0.25, 0.3) is 0 Å². The Kier molecular flexibility index (Phi) is 6.40. The molecule has 1 aromatic heterocycles. The second-order valence-corrected chi connectivity index (χ2v) is 7.17.